The lowest BCUT2D eigenvalue weighted by atomic mass is 10.0. The maximum absolute atomic E-state index is 14.5. The Kier molecular flexibility index (Phi) is 4.26. The highest BCUT2D eigenvalue weighted by atomic mass is 19.1. The molecule has 3 aromatic rings. The van der Waals surface area contributed by atoms with Crippen LogP contribution in [0.3, 0.4) is 0 Å². The fraction of sp³-hybridized carbons (Fsp3) is 0.450. The Morgan fingerprint density at radius 3 is 3.00 bits per heavy atom. The zero-order valence-corrected chi connectivity index (χ0v) is 16.2. The van der Waals surface area contributed by atoms with Crippen molar-refractivity contribution in [2.75, 3.05) is 31.1 Å². The third-order valence-electron chi connectivity index (χ3n) is 5.96. The van der Waals surface area contributed by atoms with Gasteiger partial charge in [-0.25, -0.2) is 8.91 Å². The monoisotopic (exact) mass is 395 g/mol. The highest BCUT2D eigenvalue weighted by Crippen LogP contribution is 2.34. The molecule has 0 bridgehead atoms. The summed E-state index contributed by atoms with van der Waals surface area (Å²) in [6.07, 6.45) is 2.06. The molecule has 0 saturated heterocycles. The summed E-state index contributed by atoms with van der Waals surface area (Å²) >= 11 is 0. The molecule has 1 atom stereocenters. The molecule has 8 nitrogen and oxygen atoms in total. The van der Waals surface area contributed by atoms with Crippen molar-refractivity contribution in [2.24, 2.45) is 0 Å². The molecule has 1 N–H and O–H groups in total. The van der Waals surface area contributed by atoms with E-state index < -0.39 is 5.82 Å². The van der Waals surface area contributed by atoms with Crippen molar-refractivity contribution in [3.63, 3.8) is 0 Å². The van der Waals surface area contributed by atoms with Gasteiger partial charge in [0.05, 0.1) is 42.5 Å². The number of β-amino-alcohol motifs (C(OH)–C–C–N with tert-alkyl or cyclic N) is 1. The van der Waals surface area contributed by atoms with Crippen LogP contribution >= 0.6 is 0 Å². The average molecular weight is 395 g/mol. The summed E-state index contributed by atoms with van der Waals surface area (Å²) in [7, 11) is 0. The molecule has 3 aromatic heterocycles. The number of pyridine rings is 1. The summed E-state index contributed by atoms with van der Waals surface area (Å²) in [6, 6.07) is 5.70. The lowest BCUT2D eigenvalue weighted by Crippen LogP contribution is -2.37. The summed E-state index contributed by atoms with van der Waals surface area (Å²) in [5, 5.41) is 27.4. The Morgan fingerprint density at radius 2 is 2.21 bits per heavy atom. The van der Waals surface area contributed by atoms with Crippen molar-refractivity contribution >= 4 is 11.2 Å². The summed E-state index contributed by atoms with van der Waals surface area (Å²) < 4.78 is 18.0. The number of anilines is 1. The van der Waals surface area contributed by atoms with Gasteiger partial charge in [0.1, 0.15) is 17.3 Å². The van der Waals surface area contributed by atoms with Gasteiger partial charge in [-0.3, -0.25) is 9.58 Å². The molecule has 0 radical (unpaired) electrons. The van der Waals surface area contributed by atoms with Crippen LogP contribution < -0.4 is 4.90 Å². The molecule has 0 fully saturated rings. The Bertz CT molecular complexity index is 1130. The van der Waals surface area contributed by atoms with Gasteiger partial charge in [0.15, 0.2) is 5.82 Å². The second kappa shape index (κ2) is 6.83. The lowest BCUT2D eigenvalue weighted by Gasteiger charge is -2.35. The zero-order chi connectivity index (χ0) is 20.1. The van der Waals surface area contributed by atoms with Crippen LogP contribution in [0, 0.1) is 17.1 Å². The van der Waals surface area contributed by atoms with E-state index in [1.807, 2.05) is 6.07 Å². The third-order valence-corrected chi connectivity index (χ3v) is 5.96. The first kappa shape index (κ1) is 18.1. The predicted molar refractivity (Wildman–Crippen MR) is 104 cm³/mol. The maximum Gasteiger partial charge on any atom is 0.171 e. The topological polar surface area (TPSA) is 85.6 Å². The third kappa shape index (κ3) is 2.79. The van der Waals surface area contributed by atoms with Crippen molar-refractivity contribution in [3.05, 3.63) is 46.8 Å². The van der Waals surface area contributed by atoms with Gasteiger partial charge in [-0.2, -0.15) is 15.5 Å². The van der Waals surface area contributed by atoms with E-state index >= 15 is 0 Å². The second-order valence-electron chi connectivity index (χ2n) is 7.76. The fourth-order valence-electron chi connectivity index (χ4n) is 4.61. The van der Waals surface area contributed by atoms with Crippen LogP contribution in [0.2, 0.25) is 0 Å². The molecular formula is C20H22FN7O. The van der Waals surface area contributed by atoms with Crippen LogP contribution in [0.25, 0.3) is 5.52 Å². The standard InChI is InChI=1S/C20H22FN7O/c1-13-10-26(18-3-2-14(8-22)28-20(18)16(21)9-23-28)12-19-15-4-5-25(6-7-29)11-17(15)24-27(13)19/h2-3,9,13,29H,4-7,10-12H2,1H3/t13-/m1/s1. The minimum Gasteiger partial charge on any atom is -0.395 e. The number of rotatable bonds is 3. The highest BCUT2D eigenvalue weighted by Gasteiger charge is 2.32. The van der Waals surface area contributed by atoms with Crippen LogP contribution in [0.5, 0.6) is 0 Å². The maximum atomic E-state index is 14.5. The first-order valence-corrected chi connectivity index (χ1v) is 9.84. The number of hydrogen-bond acceptors (Lipinski definition) is 6. The van der Waals surface area contributed by atoms with E-state index in [2.05, 4.69) is 32.6 Å². The summed E-state index contributed by atoms with van der Waals surface area (Å²) in [4.78, 5) is 4.37. The number of nitrogens with zero attached hydrogens (tertiary/aromatic N) is 7. The van der Waals surface area contributed by atoms with Gasteiger partial charge in [0.25, 0.3) is 0 Å². The van der Waals surface area contributed by atoms with E-state index in [1.54, 1.807) is 6.07 Å². The Morgan fingerprint density at radius 1 is 1.34 bits per heavy atom. The Labute approximate surface area is 167 Å². The molecular weight excluding hydrogens is 373 g/mol. The van der Waals surface area contributed by atoms with Crippen molar-refractivity contribution in [1.82, 2.24) is 24.3 Å². The average Bonchev–Trinajstić information content (AvgIpc) is 3.29. The Hall–Kier alpha value is -2.96. The number of aliphatic hydroxyl groups excluding tert-OH is 1. The Balaban J connectivity index is 1.54. The summed E-state index contributed by atoms with van der Waals surface area (Å²) in [5.41, 5.74) is 4.91. The van der Waals surface area contributed by atoms with E-state index in [0.29, 0.717) is 30.8 Å². The first-order valence-electron chi connectivity index (χ1n) is 9.84. The molecule has 0 aliphatic carbocycles. The number of nitriles is 1. The molecule has 5 rings (SSSR count). The smallest absolute Gasteiger partial charge is 0.171 e. The number of aromatic nitrogens is 4. The SMILES string of the molecule is C[C@@H]1CN(c2ccc(C#N)n3ncc(F)c23)Cc2c3c(nn21)CN(CCO)CC3. The lowest BCUT2D eigenvalue weighted by molar-refractivity contribution is 0.183. The molecule has 2 aliphatic heterocycles. The van der Waals surface area contributed by atoms with Gasteiger partial charge in [0, 0.05) is 31.7 Å². The van der Waals surface area contributed by atoms with Gasteiger partial charge < -0.3 is 10.0 Å². The molecule has 5 heterocycles. The van der Waals surface area contributed by atoms with E-state index in [-0.39, 0.29) is 12.6 Å². The summed E-state index contributed by atoms with van der Waals surface area (Å²) in [6.45, 7) is 5.91. The van der Waals surface area contributed by atoms with E-state index in [9.17, 15) is 14.8 Å². The van der Waals surface area contributed by atoms with Gasteiger partial charge in [0.2, 0.25) is 0 Å². The van der Waals surface area contributed by atoms with E-state index in [0.717, 1.165) is 37.1 Å². The van der Waals surface area contributed by atoms with E-state index in [1.165, 1.54) is 15.8 Å². The molecule has 0 spiro atoms. The highest BCUT2D eigenvalue weighted by molar-refractivity contribution is 5.75. The quantitative estimate of drug-likeness (QED) is 0.723. The number of halogens is 1. The van der Waals surface area contributed by atoms with Gasteiger partial charge in [-0.15, -0.1) is 0 Å². The molecule has 0 amide bonds. The van der Waals surface area contributed by atoms with Gasteiger partial charge in [-0.1, -0.05) is 0 Å². The van der Waals surface area contributed by atoms with Crippen molar-refractivity contribution < 1.29 is 9.50 Å². The molecule has 2 aliphatic rings. The van der Waals surface area contributed by atoms with Crippen LogP contribution in [-0.4, -0.2) is 55.6 Å². The van der Waals surface area contributed by atoms with Crippen molar-refractivity contribution in [3.8, 4) is 6.07 Å². The molecule has 0 aromatic carbocycles. The second-order valence-corrected chi connectivity index (χ2v) is 7.76. The predicted octanol–water partition coefficient (Wildman–Crippen LogP) is 1.47. The summed E-state index contributed by atoms with van der Waals surface area (Å²) in [5.74, 6) is -0.425. The number of aliphatic hydroxyl groups is 1. The van der Waals surface area contributed by atoms with E-state index in [4.69, 9.17) is 5.10 Å². The van der Waals surface area contributed by atoms with Gasteiger partial charge >= 0.3 is 0 Å². The van der Waals surface area contributed by atoms with Crippen LogP contribution in [0.4, 0.5) is 10.1 Å². The number of hydrogen-bond donors (Lipinski definition) is 1. The van der Waals surface area contributed by atoms with Crippen LogP contribution in [-0.2, 0) is 19.5 Å². The molecule has 29 heavy (non-hydrogen) atoms. The molecule has 9 heteroatoms. The minimum atomic E-state index is -0.425. The largest absolute Gasteiger partial charge is 0.395 e. The first-order chi connectivity index (χ1) is 14.1. The molecule has 150 valence electrons. The zero-order valence-electron chi connectivity index (χ0n) is 16.2. The van der Waals surface area contributed by atoms with Gasteiger partial charge in [-0.05, 0) is 25.5 Å². The normalized spacial score (nSPS) is 19.2. The van der Waals surface area contributed by atoms with Crippen LogP contribution in [0.15, 0.2) is 18.3 Å². The van der Waals surface area contributed by atoms with Crippen molar-refractivity contribution in [1.29, 1.82) is 5.26 Å². The minimum absolute atomic E-state index is 0.136. The fourth-order valence-corrected chi connectivity index (χ4v) is 4.61. The van der Waals surface area contributed by atoms with Crippen LogP contribution in [0.1, 0.15) is 35.6 Å². The molecule has 0 unspecified atom stereocenters. The van der Waals surface area contributed by atoms with Crippen molar-refractivity contribution in [2.45, 2.75) is 32.5 Å². The number of fused-ring (bicyclic) bond motifs is 4. The molecule has 0 saturated carbocycles.